The van der Waals surface area contributed by atoms with Crippen LogP contribution >= 0.6 is 24.0 Å². The smallest absolute Gasteiger partial charge is 0.255 e. The van der Waals surface area contributed by atoms with Crippen molar-refractivity contribution < 1.29 is 4.79 Å². The number of rotatable bonds is 2. The van der Waals surface area contributed by atoms with E-state index in [0.717, 1.165) is 31.5 Å². The van der Waals surface area contributed by atoms with Crippen molar-refractivity contribution in [3.63, 3.8) is 0 Å². The van der Waals surface area contributed by atoms with Crippen molar-refractivity contribution in [3.05, 3.63) is 34.3 Å². The van der Waals surface area contributed by atoms with Crippen LogP contribution in [0.15, 0.2) is 18.2 Å². The summed E-state index contributed by atoms with van der Waals surface area (Å²) in [6.07, 6.45) is 2.12. The number of hydrogen-bond acceptors (Lipinski definition) is 2. The zero-order valence-electron chi connectivity index (χ0n) is 11.9. The summed E-state index contributed by atoms with van der Waals surface area (Å²) in [5.41, 5.74) is 7.50. The SMILES string of the molecule is Cc1cccc(C(=O)N2CCCC(C(C)N)C2)c1Cl.Cl. The Kier molecular flexibility index (Phi) is 6.31. The highest BCUT2D eigenvalue weighted by Gasteiger charge is 2.27. The molecule has 2 N–H and O–H groups in total. The molecule has 1 heterocycles. The highest BCUT2D eigenvalue weighted by Crippen LogP contribution is 2.25. The van der Waals surface area contributed by atoms with Gasteiger partial charge in [0.25, 0.3) is 5.91 Å². The second-order valence-electron chi connectivity index (χ2n) is 5.45. The molecule has 2 atom stereocenters. The number of piperidine rings is 1. The molecule has 1 aromatic rings. The molecule has 0 radical (unpaired) electrons. The number of halogens is 2. The first-order valence-corrected chi connectivity index (χ1v) is 7.18. The predicted molar refractivity (Wildman–Crippen MR) is 85.7 cm³/mol. The molecule has 1 fully saturated rings. The van der Waals surface area contributed by atoms with Crippen LogP contribution in [0.3, 0.4) is 0 Å². The summed E-state index contributed by atoms with van der Waals surface area (Å²) in [5, 5.41) is 0.565. The zero-order valence-corrected chi connectivity index (χ0v) is 13.5. The second kappa shape index (κ2) is 7.30. The average Bonchev–Trinajstić information content (AvgIpc) is 2.41. The molecule has 112 valence electrons. The Bertz CT molecular complexity index is 477. The van der Waals surface area contributed by atoms with Gasteiger partial charge in [-0.15, -0.1) is 12.4 Å². The van der Waals surface area contributed by atoms with E-state index in [2.05, 4.69) is 0 Å². The summed E-state index contributed by atoms with van der Waals surface area (Å²) >= 11 is 6.23. The fraction of sp³-hybridized carbons (Fsp3) is 0.533. The third kappa shape index (κ3) is 3.66. The van der Waals surface area contributed by atoms with E-state index in [9.17, 15) is 4.79 Å². The Morgan fingerprint density at radius 1 is 1.50 bits per heavy atom. The van der Waals surface area contributed by atoms with Gasteiger partial charge in [0.05, 0.1) is 10.6 Å². The molecule has 0 aliphatic carbocycles. The molecule has 0 aromatic heterocycles. The van der Waals surface area contributed by atoms with Crippen molar-refractivity contribution in [3.8, 4) is 0 Å². The number of aryl methyl sites for hydroxylation is 1. The third-order valence-electron chi connectivity index (χ3n) is 3.91. The molecule has 3 nitrogen and oxygen atoms in total. The van der Waals surface area contributed by atoms with Crippen molar-refractivity contribution in [2.75, 3.05) is 13.1 Å². The molecule has 2 rings (SSSR count). The Balaban J connectivity index is 0.00000200. The molecule has 5 heteroatoms. The number of nitrogens with zero attached hydrogens (tertiary/aromatic N) is 1. The maximum atomic E-state index is 12.5. The highest BCUT2D eigenvalue weighted by atomic mass is 35.5. The molecule has 0 bridgehead atoms. The maximum Gasteiger partial charge on any atom is 0.255 e. The van der Waals surface area contributed by atoms with Crippen molar-refractivity contribution in [1.82, 2.24) is 4.90 Å². The number of benzene rings is 1. The minimum Gasteiger partial charge on any atom is -0.338 e. The molecule has 2 unspecified atom stereocenters. The van der Waals surface area contributed by atoms with Crippen LogP contribution in [-0.2, 0) is 0 Å². The molecule has 1 amide bonds. The topological polar surface area (TPSA) is 46.3 Å². The van der Waals surface area contributed by atoms with Crippen LogP contribution in [0.2, 0.25) is 5.02 Å². The van der Waals surface area contributed by atoms with Crippen LogP contribution in [0.25, 0.3) is 0 Å². The average molecular weight is 317 g/mol. The van der Waals surface area contributed by atoms with Crippen LogP contribution in [0.5, 0.6) is 0 Å². The maximum absolute atomic E-state index is 12.5. The first-order valence-electron chi connectivity index (χ1n) is 6.80. The van der Waals surface area contributed by atoms with Gasteiger partial charge in [0.2, 0.25) is 0 Å². The van der Waals surface area contributed by atoms with Crippen LogP contribution < -0.4 is 5.73 Å². The predicted octanol–water partition coefficient (Wildman–Crippen LogP) is 3.27. The van der Waals surface area contributed by atoms with E-state index in [-0.39, 0.29) is 24.4 Å². The lowest BCUT2D eigenvalue weighted by atomic mass is 9.92. The van der Waals surface area contributed by atoms with E-state index in [0.29, 0.717) is 16.5 Å². The molecule has 20 heavy (non-hydrogen) atoms. The summed E-state index contributed by atoms with van der Waals surface area (Å²) in [4.78, 5) is 14.4. The number of nitrogens with two attached hydrogens (primary N) is 1. The van der Waals surface area contributed by atoms with Gasteiger partial charge in [-0.05, 0) is 44.2 Å². The van der Waals surface area contributed by atoms with E-state index in [1.165, 1.54) is 0 Å². The van der Waals surface area contributed by atoms with Crippen molar-refractivity contribution in [1.29, 1.82) is 0 Å². The second-order valence-corrected chi connectivity index (χ2v) is 5.83. The van der Waals surface area contributed by atoms with Crippen LogP contribution in [0.4, 0.5) is 0 Å². The van der Waals surface area contributed by atoms with E-state index in [1.54, 1.807) is 6.07 Å². The Hall–Kier alpha value is -0.770. The number of carbonyl (C=O) groups is 1. The highest BCUT2D eigenvalue weighted by molar-refractivity contribution is 6.34. The van der Waals surface area contributed by atoms with Crippen LogP contribution in [0, 0.1) is 12.8 Å². The first kappa shape index (κ1) is 17.3. The largest absolute Gasteiger partial charge is 0.338 e. The molecular weight excluding hydrogens is 295 g/mol. The zero-order chi connectivity index (χ0) is 14.0. The summed E-state index contributed by atoms with van der Waals surface area (Å²) in [7, 11) is 0. The molecular formula is C15H22Cl2N2O. The fourth-order valence-electron chi connectivity index (χ4n) is 2.61. The van der Waals surface area contributed by atoms with Gasteiger partial charge in [-0.3, -0.25) is 4.79 Å². The van der Waals surface area contributed by atoms with Crippen molar-refractivity contribution >= 4 is 29.9 Å². The Morgan fingerprint density at radius 2 is 2.20 bits per heavy atom. The number of likely N-dealkylation sites (tertiary alicyclic amines) is 1. The van der Waals surface area contributed by atoms with Gasteiger partial charge in [0, 0.05) is 19.1 Å². The number of amides is 1. The van der Waals surface area contributed by atoms with Gasteiger partial charge in [-0.2, -0.15) is 0 Å². The lowest BCUT2D eigenvalue weighted by Crippen LogP contribution is -2.45. The quantitative estimate of drug-likeness (QED) is 0.910. The molecule has 1 aromatic carbocycles. The van der Waals surface area contributed by atoms with Crippen LogP contribution in [-0.4, -0.2) is 29.9 Å². The van der Waals surface area contributed by atoms with E-state index in [1.807, 2.05) is 30.9 Å². The standard InChI is InChI=1S/C15H21ClN2O.ClH/c1-10-5-3-7-13(14(10)16)15(19)18-8-4-6-12(9-18)11(2)17;/h3,5,7,11-12H,4,6,8-9,17H2,1-2H3;1H. The minimum atomic E-state index is 0. The van der Waals surface area contributed by atoms with Crippen molar-refractivity contribution in [2.45, 2.75) is 32.7 Å². The normalized spacial score (nSPS) is 20.2. The van der Waals surface area contributed by atoms with Crippen molar-refractivity contribution in [2.24, 2.45) is 11.7 Å². The van der Waals surface area contributed by atoms with E-state index >= 15 is 0 Å². The third-order valence-corrected chi connectivity index (χ3v) is 4.41. The van der Waals surface area contributed by atoms with Gasteiger partial charge in [0.1, 0.15) is 0 Å². The molecule has 1 saturated heterocycles. The van der Waals surface area contributed by atoms with Gasteiger partial charge < -0.3 is 10.6 Å². The first-order chi connectivity index (χ1) is 9.00. The van der Waals surface area contributed by atoms with Gasteiger partial charge in [-0.25, -0.2) is 0 Å². The molecule has 1 aliphatic heterocycles. The fourth-order valence-corrected chi connectivity index (χ4v) is 2.81. The Morgan fingerprint density at radius 3 is 2.85 bits per heavy atom. The minimum absolute atomic E-state index is 0. The summed E-state index contributed by atoms with van der Waals surface area (Å²) in [6.45, 7) is 5.46. The van der Waals surface area contributed by atoms with Gasteiger partial charge in [0.15, 0.2) is 0 Å². The van der Waals surface area contributed by atoms with E-state index < -0.39 is 0 Å². The van der Waals surface area contributed by atoms with Gasteiger partial charge in [-0.1, -0.05) is 23.7 Å². The lowest BCUT2D eigenvalue weighted by molar-refractivity contribution is 0.0661. The summed E-state index contributed by atoms with van der Waals surface area (Å²) in [6, 6.07) is 5.72. The monoisotopic (exact) mass is 316 g/mol. The summed E-state index contributed by atoms with van der Waals surface area (Å²) in [5.74, 6) is 0.417. The molecule has 0 saturated carbocycles. The summed E-state index contributed by atoms with van der Waals surface area (Å²) < 4.78 is 0. The van der Waals surface area contributed by atoms with Gasteiger partial charge >= 0.3 is 0 Å². The lowest BCUT2D eigenvalue weighted by Gasteiger charge is -2.34. The number of carbonyl (C=O) groups excluding carboxylic acids is 1. The van der Waals surface area contributed by atoms with Crippen LogP contribution in [0.1, 0.15) is 35.7 Å². The Labute approximate surface area is 131 Å². The molecule has 1 aliphatic rings. The molecule has 0 spiro atoms. The van der Waals surface area contributed by atoms with E-state index in [4.69, 9.17) is 17.3 Å². The number of hydrogen-bond donors (Lipinski definition) is 1.